The highest BCUT2D eigenvalue weighted by Crippen LogP contribution is 2.41. The number of imidazole rings is 1. The molecule has 0 saturated heterocycles. The van der Waals surface area contributed by atoms with Crippen LogP contribution < -0.4 is 16.0 Å². The lowest BCUT2D eigenvalue weighted by Gasteiger charge is -2.39. The number of hydrogen-bond acceptors (Lipinski definition) is 9. The number of hydrogen-bond donors (Lipinski definition) is 3. The van der Waals surface area contributed by atoms with Gasteiger partial charge in [0.1, 0.15) is 18.2 Å². The number of pyridine rings is 1. The van der Waals surface area contributed by atoms with Gasteiger partial charge in [0.05, 0.1) is 42.3 Å². The third-order valence-corrected chi connectivity index (χ3v) is 16.7. The molecule has 3 amide bonds. The van der Waals surface area contributed by atoms with Crippen molar-refractivity contribution in [1.82, 2.24) is 19.9 Å². The Morgan fingerprint density at radius 3 is 2.52 bits per heavy atom. The van der Waals surface area contributed by atoms with Gasteiger partial charge in [-0.2, -0.15) is 0 Å². The minimum atomic E-state index is -2.42. The fourth-order valence-electron chi connectivity index (χ4n) is 5.77. The van der Waals surface area contributed by atoms with Crippen LogP contribution >= 0.6 is 11.6 Å². The fraction of sp³-hybridized carbons (Fsp3) is 0.564. The molecule has 0 unspecified atom stereocenters. The maximum atomic E-state index is 15.3. The van der Waals surface area contributed by atoms with Crippen molar-refractivity contribution >= 4 is 57.5 Å². The van der Waals surface area contributed by atoms with Crippen LogP contribution in [0.5, 0.6) is 0 Å². The molecule has 0 aliphatic carbocycles. The van der Waals surface area contributed by atoms with Crippen molar-refractivity contribution in [2.24, 2.45) is 5.92 Å². The van der Waals surface area contributed by atoms with Gasteiger partial charge in [-0.15, -0.1) is 0 Å². The second-order valence-electron chi connectivity index (χ2n) is 17.0. The lowest BCUT2D eigenvalue weighted by molar-refractivity contribution is -0.119. The Bertz CT molecular complexity index is 1850. The monoisotopic (exact) mass is 832 g/mol. The Labute approximate surface area is 336 Å². The van der Waals surface area contributed by atoms with E-state index in [1.165, 1.54) is 19.4 Å². The van der Waals surface area contributed by atoms with Crippen molar-refractivity contribution in [2.75, 3.05) is 31.0 Å². The molecule has 56 heavy (non-hydrogen) atoms. The van der Waals surface area contributed by atoms with Crippen molar-refractivity contribution in [3.05, 3.63) is 59.0 Å². The number of nitrogens with one attached hydrogen (secondary N) is 3. The van der Waals surface area contributed by atoms with Gasteiger partial charge in [0.15, 0.2) is 14.1 Å². The molecule has 2 aromatic heterocycles. The number of rotatable bonds is 13. The molecule has 3 N–H and O–H groups in total. The Kier molecular flexibility index (Phi) is 15.3. The second-order valence-corrected chi connectivity index (χ2v) is 27.8. The summed E-state index contributed by atoms with van der Waals surface area (Å²) in [4.78, 5) is 48.2. The summed E-state index contributed by atoms with van der Waals surface area (Å²) >= 11 is 6.13. The molecule has 2 bridgehead atoms. The number of carbonyl (C=O) groups is 3. The zero-order valence-corrected chi connectivity index (χ0v) is 37.1. The van der Waals surface area contributed by atoms with Crippen molar-refractivity contribution in [2.45, 2.75) is 116 Å². The van der Waals surface area contributed by atoms with Crippen LogP contribution in [0, 0.1) is 11.7 Å². The molecule has 3 heterocycles. The SMILES string of the molecule is COC(=O)Nc1ccc2c(c1)NC(=O)[C@H](C)CCC[C@H](NC(=O)OCC[C@@H](O[Si](C)(C)C(C)(C)C)c1nccc(Cl)c1F)c1nc-2cn1COCC[Si](C)(C)C. The van der Waals surface area contributed by atoms with E-state index in [2.05, 4.69) is 74.4 Å². The van der Waals surface area contributed by atoms with Gasteiger partial charge < -0.3 is 33.8 Å². The van der Waals surface area contributed by atoms with Crippen LogP contribution in [-0.4, -0.2) is 69.3 Å². The minimum Gasteiger partial charge on any atom is -0.453 e. The number of benzene rings is 1. The average molecular weight is 834 g/mol. The third kappa shape index (κ3) is 12.3. The van der Waals surface area contributed by atoms with E-state index in [1.54, 1.807) is 18.2 Å². The second kappa shape index (κ2) is 19.1. The summed E-state index contributed by atoms with van der Waals surface area (Å²) in [6, 6.07) is 6.86. The highest BCUT2D eigenvalue weighted by Gasteiger charge is 2.40. The molecule has 0 spiro atoms. The van der Waals surface area contributed by atoms with E-state index in [0.29, 0.717) is 54.3 Å². The maximum Gasteiger partial charge on any atom is 0.411 e. The molecule has 0 fully saturated rings. The zero-order chi connectivity index (χ0) is 41.4. The summed E-state index contributed by atoms with van der Waals surface area (Å²) in [7, 11) is -2.51. The van der Waals surface area contributed by atoms with E-state index in [9.17, 15) is 14.4 Å². The Morgan fingerprint density at radius 1 is 1.11 bits per heavy atom. The van der Waals surface area contributed by atoms with Gasteiger partial charge in [-0.3, -0.25) is 15.1 Å². The van der Waals surface area contributed by atoms with Crippen molar-refractivity contribution in [1.29, 1.82) is 0 Å². The Hall–Kier alpha value is -3.84. The van der Waals surface area contributed by atoms with Gasteiger partial charge in [0.2, 0.25) is 5.91 Å². The lowest BCUT2D eigenvalue weighted by Crippen LogP contribution is -2.42. The molecule has 1 aromatic carbocycles. The largest absolute Gasteiger partial charge is 0.453 e. The molecule has 4 rings (SSSR count). The molecule has 13 nitrogen and oxygen atoms in total. The predicted octanol–water partition coefficient (Wildman–Crippen LogP) is 9.91. The van der Waals surface area contributed by atoms with Gasteiger partial charge in [-0.05, 0) is 61.3 Å². The predicted molar refractivity (Wildman–Crippen MR) is 222 cm³/mol. The first-order valence-electron chi connectivity index (χ1n) is 19.0. The summed E-state index contributed by atoms with van der Waals surface area (Å²) in [5, 5.41) is 8.45. The van der Waals surface area contributed by atoms with Crippen LogP contribution in [0.25, 0.3) is 11.3 Å². The number of anilines is 2. The summed E-state index contributed by atoms with van der Waals surface area (Å²) in [6.45, 7) is 19.7. The fourth-order valence-corrected chi connectivity index (χ4v) is 7.97. The Morgan fingerprint density at radius 2 is 1.84 bits per heavy atom. The molecule has 3 atom stereocenters. The number of amides is 3. The molecular weight excluding hydrogens is 775 g/mol. The molecule has 0 radical (unpaired) electrons. The maximum absolute atomic E-state index is 15.3. The topological polar surface area (TPSA) is 155 Å². The standard InChI is InChI=1S/C39H58ClFN6O7Si2/c1-25-12-11-13-29(46-38(50)53-19-17-32(54-56(9,10)39(2,3)4)34-33(41)28(40)16-18-42-34)35-44-31(23-47(35)24-52-20-21-55(6,7)8)27-15-14-26(43-37(49)51-5)22-30(27)45-36(25)48/h14-16,18,22-23,25,29,32H,11-13,17,19-21,24H2,1-10H3,(H,43,49)(H,45,48)(H,46,50)/t25-,29+,32-/m1/s1. The third-order valence-electron chi connectivity index (χ3n) is 10.2. The van der Waals surface area contributed by atoms with Crippen LogP contribution in [0.4, 0.5) is 25.4 Å². The van der Waals surface area contributed by atoms with E-state index in [1.807, 2.05) is 17.7 Å². The van der Waals surface area contributed by atoms with Crippen LogP contribution in [0.3, 0.4) is 0 Å². The van der Waals surface area contributed by atoms with Crippen molar-refractivity contribution in [3.63, 3.8) is 0 Å². The number of fused-ring (bicyclic) bond motifs is 4. The summed E-state index contributed by atoms with van der Waals surface area (Å²) in [5.41, 5.74) is 2.10. The lowest BCUT2D eigenvalue weighted by atomic mass is 9.99. The van der Waals surface area contributed by atoms with Gasteiger partial charge in [-0.1, -0.05) is 65.4 Å². The van der Waals surface area contributed by atoms with E-state index in [-0.39, 0.29) is 47.3 Å². The van der Waals surface area contributed by atoms with E-state index < -0.39 is 46.5 Å². The summed E-state index contributed by atoms with van der Waals surface area (Å²) in [6.07, 6.45) is 2.85. The molecule has 0 saturated carbocycles. The number of alkyl carbamates (subject to hydrolysis) is 1. The first kappa shape index (κ1) is 44.9. The highest BCUT2D eigenvalue weighted by atomic mass is 35.5. The quantitative estimate of drug-likeness (QED) is 0.113. The van der Waals surface area contributed by atoms with Crippen molar-refractivity contribution < 1.29 is 37.4 Å². The van der Waals surface area contributed by atoms with E-state index >= 15 is 4.39 Å². The molecule has 308 valence electrons. The number of ether oxygens (including phenoxy) is 3. The van der Waals surface area contributed by atoms with Gasteiger partial charge in [0, 0.05) is 50.7 Å². The Balaban J connectivity index is 1.63. The molecule has 17 heteroatoms. The van der Waals surface area contributed by atoms with Crippen LogP contribution in [-0.2, 0) is 30.2 Å². The number of halogens is 2. The number of carbonyl (C=O) groups excluding carboxylic acids is 3. The summed E-state index contributed by atoms with van der Waals surface area (Å²) < 4.78 is 40.4. The molecule has 3 aromatic rings. The van der Waals surface area contributed by atoms with Gasteiger partial charge >= 0.3 is 12.2 Å². The number of methoxy groups -OCH3 is 1. The van der Waals surface area contributed by atoms with Gasteiger partial charge in [-0.25, -0.2) is 19.0 Å². The molecular formula is C39H58ClFN6O7Si2. The first-order valence-corrected chi connectivity index (χ1v) is 26.0. The molecule has 1 aliphatic heterocycles. The molecule has 1 aliphatic rings. The van der Waals surface area contributed by atoms with E-state index in [0.717, 1.165) is 6.04 Å². The summed E-state index contributed by atoms with van der Waals surface area (Å²) in [5.74, 6) is -0.664. The average Bonchev–Trinajstić information content (AvgIpc) is 3.53. The zero-order valence-electron chi connectivity index (χ0n) is 34.3. The van der Waals surface area contributed by atoms with Crippen LogP contribution in [0.2, 0.25) is 48.8 Å². The number of aromatic nitrogens is 3. The first-order chi connectivity index (χ1) is 26.2. The van der Waals surface area contributed by atoms with Crippen LogP contribution in [0.1, 0.15) is 77.0 Å². The van der Waals surface area contributed by atoms with Gasteiger partial charge in [0.25, 0.3) is 0 Å². The highest BCUT2D eigenvalue weighted by molar-refractivity contribution is 6.76. The number of nitrogens with zero attached hydrogens (tertiary/aromatic N) is 3. The normalized spacial score (nSPS) is 17.1. The van der Waals surface area contributed by atoms with Crippen molar-refractivity contribution in [3.8, 4) is 11.3 Å². The smallest absolute Gasteiger partial charge is 0.411 e. The van der Waals surface area contributed by atoms with E-state index in [4.69, 9.17) is 35.2 Å². The minimum absolute atomic E-state index is 0.0629. The van der Waals surface area contributed by atoms with Crippen LogP contribution in [0.15, 0.2) is 36.7 Å².